The number of benzene rings is 1. The van der Waals surface area contributed by atoms with Gasteiger partial charge in [0.25, 0.3) is 0 Å². The molecule has 0 spiro atoms. The van der Waals surface area contributed by atoms with Gasteiger partial charge in [-0.25, -0.2) is 0 Å². The molecule has 0 fully saturated rings. The number of hydrogen-bond acceptors (Lipinski definition) is 2. The van der Waals surface area contributed by atoms with Gasteiger partial charge in [-0.05, 0) is 12.1 Å². The summed E-state index contributed by atoms with van der Waals surface area (Å²) in [5.41, 5.74) is 0. The summed E-state index contributed by atoms with van der Waals surface area (Å²) in [6.07, 6.45) is 0. The van der Waals surface area contributed by atoms with Gasteiger partial charge >= 0.3 is 80.9 Å². The summed E-state index contributed by atoms with van der Waals surface area (Å²) in [4.78, 5) is 0. The number of phenols is 2. The van der Waals surface area contributed by atoms with Crippen LogP contribution >= 0.6 is 0 Å². The monoisotopic (exact) mass is 230 g/mol. The van der Waals surface area contributed by atoms with E-state index < -0.39 is 0 Å². The number of rotatable bonds is 0. The van der Waals surface area contributed by atoms with E-state index >= 15 is 0 Å². The predicted octanol–water partition coefficient (Wildman–Crippen LogP) is -0.202. The van der Waals surface area contributed by atoms with E-state index in [0.717, 1.165) is 0 Å². The van der Waals surface area contributed by atoms with Crippen molar-refractivity contribution in [2.24, 2.45) is 0 Å². The Bertz CT molecular complexity index is 177. The van der Waals surface area contributed by atoms with Crippen molar-refractivity contribution in [3.8, 4) is 11.5 Å². The Kier molecular flexibility index (Phi) is 17.1. The van der Waals surface area contributed by atoms with E-state index in [0.29, 0.717) is 0 Å². The van der Waals surface area contributed by atoms with Crippen LogP contribution in [-0.2, 0) is 17.1 Å². The van der Waals surface area contributed by atoms with Gasteiger partial charge in [0.05, 0.1) is 0 Å². The summed E-state index contributed by atoms with van der Waals surface area (Å²) < 4.78 is 0. The molecule has 0 aliphatic heterocycles. The first-order chi connectivity index (χ1) is 3.80. The molecule has 0 heterocycles. The number of hydrogen-bond donors (Lipinski definition) is 2. The summed E-state index contributed by atoms with van der Waals surface area (Å²) in [7, 11) is 0. The van der Waals surface area contributed by atoms with E-state index in [2.05, 4.69) is 0 Å². The maximum atomic E-state index is 8.67. The Morgan fingerprint density at radius 1 is 0.909 bits per heavy atom. The van der Waals surface area contributed by atoms with Crippen molar-refractivity contribution in [3.05, 3.63) is 24.3 Å². The van der Waals surface area contributed by atoms with Crippen molar-refractivity contribution < 1.29 is 27.3 Å². The molecular formula is C6H8FeKNaO2. The van der Waals surface area contributed by atoms with Crippen LogP contribution in [0.3, 0.4) is 0 Å². The third-order valence-electron chi connectivity index (χ3n) is 0.882. The summed E-state index contributed by atoms with van der Waals surface area (Å²) in [6, 6.07) is 6.15. The van der Waals surface area contributed by atoms with Gasteiger partial charge in [0.15, 0.2) is 11.5 Å². The van der Waals surface area contributed by atoms with Crippen LogP contribution in [0.4, 0.5) is 0 Å². The first kappa shape index (κ1) is 18.7. The molecule has 11 heavy (non-hydrogen) atoms. The first-order valence-electron chi connectivity index (χ1n) is 2.27. The second kappa shape index (κ2) is 10.1. The SMILES string of the molecule is Oc1ccccc1O.[Fe].[KH].[NaH]. The van der Waals surface area contributed by atoms with Crippen LogP contribution in [0.15, 0.2) is 24.3 Å². The molecule has 1 aromatic carbocycles. The minimum absolute atomic E-state index is 0. The van der Waals surface area contributed by atoms with E-state index in [4.69, 9.17) is 10.2 Å². The van der Waals surface area contributed by atoms with Gasteiger partial charge in [-0.15, -0.1) is 0 Å². The van der Waals surface area contributed by atoms with Gasteiger partial charge in [-0.1, -0.05) is 12.1 Å². The van der Waals surface area contributed by atoms with Gasteiger partial charge < -0.3 is 10.2 Å². The average Bonchev–Trinajstić information content (AvgIpc) is 1.77. The van der Waals surface area contributed by atoms with Crippen molar-refractivity contribution in [2.45, 2.75) is 0 Å². The molecule has 1 rings (SSSR count). The van der Waals surface area contributed by atoms with Gasteiger partial charge in [-0.2, -0.15) is 0 Å². The molecule has 0 atom stereocenters. The molecule has 2 N–H and O–H groups in total. The number of phenolic OH excluding ortho intramolecular Hbond substituents is 2. The quantitative estimate of drug-likeness (QED) is 0.478. The van der Waals surface area contributed by atoms with Gasteiger partial charge in [0.2, 0.25) is 0 Å². The zero-order valence-electron chi connectivity index (χ0n) is 4.56. The van der Waals surface area contributed by atoms with Crippen LogP contribution in [0.5, 0.6) is 11.5 Å². The van der Waals surface area contributed by atoms with E-state index in [1.54, 1.807) is 12.1 Å². The molecule has 0 radical (unpaired) electrons. The maximum absolute atomic E-state index is 8.67. The zero-order chi connectivity index (χ0) is 5.98. The van der Waals surface area contributed by atoms with E-state index in [-0.39, 0.29) is 110 Å². The molecule has 0 amide bonds. The van der Waals surface area contributed by atoms with Gasteiger partial charge in [0.1, 0.15) is 0 Å². The third kappa shape index (κ3) is 7.08. The molecule has 2 nitrogen and oxygen atoms in total. The normalized spacial score (nSPS) is 6.55. The van der Waals surface area contributed by atoms with Gasteiger partial charge in [0, 0.05) is 17.1 Å². The second-order valence-electron chi connectivity index (χ2n) is 1.49. The van der Waals surface area contributed by atoms with Crippen molar-refractivity contribution in [2.75, 3.05) is 0 Å². The molecule has 0 bridgehead atoms. The predicted molar refractivity (Wildman–Crippen MR) is 44.1 cm³/mol. The first-order valence-corrected chi connectivity index (χ1v) is 2.27. The molecule has 0 aliphatic carbocycles. The van der Waals surface area contributed by atoms with Crippen molar-refractivity contribution in [1.29, 1.82) is 0 Å². The molecule has 5 heteroatoms. The molecule has 1 aromatic rings. The molecule has 0 aliphatic rings. The molecule has 0 saturated heterocycles. The fraction of sp³-hybridized carbons (Fsp3) is 0. The molecule has 0 unspecified atom stereocenters. The molecule has 0 saturated carbocycles. The summed E-state index contributed by atoms with van der Waals surface area (Å²) >= 11 is 0. The Morgan fingerprint density at radius 3 is 1.36 bits per heavy atom. The molecular weight excluding hydrogens is 222 g/mol. The minimum atomic E-state index is -0.0764. The Morgan fingerprint density at radius 2 is 1.18 bits per heavy atom. The van der Waals surface area contributed by atoms with E-state index in [9.17, 15) is 0 Å². The molecule has 54 valence electrons. The summed E-state index contributed by atoms with van der Waals surface area (Å²) in [5, 5.41) is 17.3. The Labute approximate surface area is 141 Å². The van der Waals surface area contributed by atoms with Gasteiger partial charge in [-0.3, -0.25) is 0 Å². The Hall–Kier alpha value is 1.98. The van der Waals surface area contributed by atoms with Crippen molar-refractivity contribution in [1.82, 2.24) is 0 Å². The zero-order valence-corrected chi connectivity index (χ0v) is 5.66. The third-order valence-corrected chi connectivity index (χ3v) is 0.882. The topological polar surface area (TPSA) is 40.5 Å². The fourth-order valence-electron chi connectivity index (χ4n) is 0.464. The standard InChI is InChI=1S/C6H6O2.Fe.K.Na.2H/c7-5-3-1-2-4-6(5)8;;;;;/h1-4,7-8H;;;;;. The van der Waals surface area contributed by atoms with E-state index in [1.165, 1.54) is 12.1 Å². The fourth-order valence-corrected chi connectivity index (χ4v) is 0.464. The van der Waals surface area contributed by atoms with Crippen LogP contribution in [-0.4, -0.2) is 91.2 Å². The van der Waals surface area contributed by atoms with E-state index in [1.807, 2.05) is 0 Å². The van der Waals surface area contributed by atoms with Crippen LogP contribution in [0.25, 0.3) is 0 Å². The Balaban J connectivity index is -0.000000213. The van der Waals surface area contributed by atoms with Crippen molar-refractivity contribution in [3.63, 3.8) is 0 Å². The van der Waals surface area contributed by atoms with Crippen LogP contribution in [0, 0.1) is 0 Å². The number of para-hydroxylation sites is 2. The van der Waals surface area contributed by atoms with Crippen molar-refractivity contribution >= 4 is 80.9 Å². The summed E-state index contributed by atoms with van der Waals surface area (Å²) in [5.74, 6) is -0.153. The molecule has 0 aromatic heterocycles. The second-order valence-corrected chi connectivity index (χ2v) is 1.49. The van der Waals surface area contributed by atoms with Crippen LogP contribution < -0.4 is 0 Å². The average molecular weight is 230 g/mol. The van der Waals surface area contributed by atoms with Crippen LogP contribution in [0.1, 0.15) is 0 Å². The van der Waals surface area contributed by atoms with Crippen LogP contribution in [0.2, 0.25) is 0 Å². The number of aromatic hydroxyl groups is 2. The summed E-state index contributed by atoms with van der Waals surface area (Å²) in [6.45, 7) is 0.